The molecule has 8 nitrogen and oxygen atoms in total. The molecule has 1 aliphatic rings. The van der Waals surface area contributed by atoms with Crippen LogP contribution < -0.4 is 10.6 Å². The fourth-order valence-electron chi connectivity index (χ4n) is 4.26. The van der Waals surface area contributed by atoms with Crippen LogP contribution >= 0.6 is 0 Å². The van der Waals surface area contributed by atoms with Crippen molar-refractivity contribution < 1.29 is 29.0 Å². The summed E-state index contributed by atoms with van der Waals surface area (Å²) in [5, 5.41) is 14.6. The van der Waals surface area contributed by atoms with E-state index < -0.39 is 29.6 Å². The van der Waals surface area contributed by atoms with Crippen LogP contribution in [-0.2, 0) is 19.1 Å². The highest BCUT2D eigenvalue weighted by Gasteiger charge is 2.37. The predicted molar refractivity (Wildman–Crippen MR) is 128 cm³/mol. The summed E-state index contributed by atoms with van der Waals surface area (Å²) < 4.78 is 10.5. The van der Waals surface area contributed by atoms with Gasteiger partial charge in [-0.15, -0.1) is 0 Å². The van der Waals surface area contributed by atoms with E-state index in [9.17, 15) is 19.5 Å². The van der Waals surface area contributed by atoms with Crippen molar-refractivity contribution >= 4 is 18.0 Å². The minimum atomic E-state index is -1.61. The van der Waals surface area contributed by atoms with Crippen LogP contribution in [0.4, 0.5) is 4.79 Å². The summed E-state index contributed by atoms with van der Waals surface area (Å²) in [7, 11) is 1.36. The monoisotopic (exact) mass is 468 g/mol. The second-order valence-corrected chi connectivity index (χ2v) is 8.72. The van der Waals surface area contributed by atoms with Gasteiger partial charge in [0.15, 0.2) is 5.54 Å². The number of carboxylic acid groups (broad SMARTS) is 1. The molecule has 2 aromatic carbocycles. The summed E-state index contributed by atoms with van der Waals surface area (Å²) in [5.74, 6) is -1.92. The number of methoxy groups -OCH3 is 1. The summed E-state index contributed by atoms with van der Waals surface area (Å²) in [4.78, 5) is 37.2. The molecular weight excluding hydrogens is 436 g/mol. The number of carbonyl (C=O) groups is 3. The Morgan fingerprint density at radius 2 is 1.65 bits per heavy atom. The Balaban J connectivity index is 1.67. The van der Waals surface area contributed by atoms with Gasteiger partial charge in [0, 0.05) is 13.0 Å². The first-order chi connectivity index (χ1) is 16.3. The van der Waals surface area contributed by atoms with E-state index >= 15 is 0 Å². The summed E-state index contributed by atoms with van der Waals surface area (Å²) in [5.41, 5.74) is 2.82. The zero-order valence-electron chi connectivity index (χ0n) is 19.8. The van der Waals surface area contributed by atoms with Crippen molar-refractivity contribution in [2.75, 3.05) is 20.3 Å². The topological polar surface area (TPSA) is 114 Å². The molecule has 0 aliphatic heterocycles. The highest BCUT2D eigenvalue weighted by atomic mass is 16.5. The van der Waals surface area contributed by atoms with Gasteiger partial charge in [0.05, 0.1) is 6.61 Å². The molecule has 0 aromatic heterocycles. The fraction of sp³-hybridized carbons (Fsp3) is 0.423. The molecule has 2 atom stereocenters. The zero-order valence-corrected chi connectivity index (χ0v) is 19.8. The lowest BCUT2D eigenvalue weighted by Gasteiger charge is -2.28. The summed E-state index contributed by atoms with van der Waals surface area (Å²) in [6.07, 6.45) is 1.12. The Bertz CT molecular complexity index is 994. The van der Waals surface area contributed by atoms with Gasteiger partial charge < -0.3 is 25.2 Å². The minimum Gasteiger partial charge on any atom is -0.479 e. The number of hydrogen-bond acceptors (Lipinski definition) is 5. The maximum absolute atomic E-state index is 12.9. The van der Waals surface area contributed by atoms with Gasteiger partial charge in [-0.2, -0.15) is 0 Å². The van der Waals surface area contributed by atoms with Gasteiger partial charge in [-0.1, -0.05) is 68.3 Å². The minimum absolute atomic E-state index is 0.0990. The number of unbranched alkanes of at least 4 members (excludes halogenated alkanes) is 1. The highest BCUT2D eigenvalue weighted by molar-refractivity contribution is 5.91. The van der Waals surface area contributed by atoms with Crippen LogP contribution in [0.1, 0.15) is 50.2 Å². The van der Waals surface area contributed by atoms with E-state index in [1.165, 1.54) is 14.0 Å². The van der Waals surface area contributed by atoms with E-state index in [4.69, 9.17) is 9.47 Å². The second-order valence-electron chi connectivity index (χ2n) is 8.72. The van der Waals surface area contributed by atoms with Crippen molar-refractivity contribution in [1.29, 1.82) is 0 Å². The Morgan fingerprint density at radius 1 is 1.06 bits per heavy atom. The third-order valence-electron chi connectivity index (χ3n) is 6.10. The molecule has 0 fully saturated rings. The first kappa shape index (κ1) is 25.2. The van der Waals surface area contributed by atoms with Crippen molar-refractivity contribution in [2.24, 2.45) is 0 Å². The van der Waals surface area contributed by atoms with Crippen LogP contribution in [-0.4, -0.2) is 55.0 Å². The Labute approximate surface area is 199 Å². The lowest BCUT2D eigenvalue weighted by atomic mass is 9.98. The molecule has 0 saturated heterocycles. The van der Waals surface area contributed by atoms with Crippen LogP contribution in [0, 0.1) is 0 Å². The molecular formula is C26H32N2O6. The highest BCUT2D eigenvalue weighted by Crippen LogP contribution is 2.44. The number of nitrogens with one attached hydrogen (secondary N) is 2. The van der Waals surface area contributed by atoms with Crippen LogP contribution in [0.3, 0.4) is 0 Å². The van der Waals surface area contributed by atoms with E-state index in [2.05, 4.69) is 22.8 Å². The Kier molecular flexibility index (Phi) is 8.28. The average molecular weight is 469 g/mol. The van der Waals surface area contributed by atoms with Crippen molar-refractivity contribution in [3.8, 4) is 11.1 Å². The number of carbonyl (C=O) groups excluding carboxylic acids is 2. The van der Waals surface area contributed by atoms with Crippen LogP contribution in [0.5, 0.6) is 0 Å². The third-order valence-corrected chi connectivity index (χ3v) is 6.10. The molecule has 3 rings (SSSR count). The van der Waals surface area contributed by atoms with Crippen LogP contribution in [0.25, 0.3) is 11.1 Å². The molecule has 2 amide bonds. The van der Waals surface area contributed by atoms with Crippen LogP contribution in [0.2, 0.25) is 0 Å². The number of fused-ring (bicyclic) bond motifs is 3. The second kappa shape index (κ2) is 11.2. The molecule has 1 aliphatic carbocycles. The Morgan fingerprint density at radius 3 is 2.18 bits per heavy atom. The molecule has 0 heterocycles. The van der Waals surface area contributed by atoms with Crippen molar-refractivity contribution in [3.63, 3.8) is 0 Å². The van der Waals surface area contributed by atoms with Gasteiger partial charge in [0.25, 0.3) is 0 Å². The van der Waals surface area contributed by atoms with E-state index in [1.54, 1.807) is 0 Å². The third kappa shape index (κ3) is 5.56. The predicted octanol–water partition coefficient (Wildman–Crippen LogP) is 3.69. The van der Waals surface area contributed by atoms with Crippen molar-refractivity contribution in [1.82, 2.24) is 10.6 Å². The molecule has 0 radical (unpaired) electrons. The van der Waals surface area contributed by atoms with E-state index in [-0.39, 0.29) is 19.1 Å². The molecule has 8 heteroatoms. The number of benzene rings is 2. The molecule has 0 spiro atoms. The first-order valence-electron chi connectivity index (χ1n) is 11.5. The number of aliphatic carboxylic acids is 1. The van der Waals surface area contributed by atoms with Crippen molar-refractivity contribution in [3.05, 3.63) is 59.7 Å². The number of rotatable bonds is 11. The van der Waals surface area contributed by atoms with Gasteiger partial charge in [0.1, 0.15) is 12.6 Å². The maximum Gasteiger partial charge on any atom is 0.407 e. The maximum atomic E-state index is 12.9. The van der Waals surface area contributed by atoms with Crippen LogP contribution in [0.15, 0.2) is 48.5 Å². The number of amides is 2. The average Bonchev–Trinajstić information content (AvgIpc) is 3.14. The van der Waals surface area contributed by atoms with Gasteiger partial charge in [-0.25, -0.2) is 9.59 Å². The molecule has 3 N–H and O–H groups in total. The number of carboxylic acids is 1. The molecule has 1 unspecified atom stereocenters. The summed E-state index contributed by atoms with van der Waals surface area (Å²) in [6.45, 7) is 3.24. The largest absolute Gasteiger partial charge is 0.479 e. The van der Waals surface area contributed by atoms with Gasteiger partial charge in [-0.05, 0) is 35.6 Å². The quantitative estimate of drug-likeness (QED) is 0.464. The van der Waals surface area contributed by atoms with Crippen molar-refractivity contribution in [2.45, 2.75) is 50.6 Å². The standard InChI is InChI=1S/C26H32N2O6/c1-4-5-14-22(23(29)28-26(2,16-33-3)24(30)31)27-25(32)34-15-21-19-12-8-6-10-17(19)18-11-7-9-13-20(18)21/h6-13,21-22H,4-5,14-16H2,1-3H3,(H,27,32)(H,28,29)(H,30,31)/t22-,26?/m0/s1. The molecule has 34 heavy (non-hydrogen) atoms. The lowest BCUT2D eigenvalue weighted by Crippen LogP contribution is -2.60. The first-order valence-corrected chi connectivity index (χ1v) is 11.5. The summed E-state index contributed by atoms with van der Waals surface area (Å²) in [6, 6.07) is 15.1. The SMILES string of the molecule is CCCC[C@H](NC(=O)OCC1c2ccccc2-c2ccccc21)C(=O)NC(C)(COC)C(=O)O. The lowest BCUT2D eigenvalue weighted by molar-refractivity contribution is -0.149. The van der Waals surface area contributed by atoms with Gasteiger partial charge in [-0.3, -0.25) is 4.79 Å². The smallest absolute Gasteiger partial charge is 0.407 e. The Hall–Kier alpha value is -3.39. The summed E-state index contributed by atoms with van der Waals surface area (Å²) >= 11 is 0. The molecule has 0 saturated carbocycles. The van der Waals surface area contributed by atoms with Gasteiger partial charge in [0.2, 0.25) is 5.91 Å². The van der Waals surface area contributed by atoms with E-state index in [0.29, 0.717) is 12.8 Å². The molecule has 182 valence electrons. The van der Waals surface area contributed by atoms with E-state index in [1.807, 2.05) is 43.3 Å². The number of ether oxygens (including phenoxy) is 2. The fourth-order valence-corrected chi connectivity index (χ4v) is 4.26. The number of alkyl carbamates (subject to hydrolysis) is 1. The molecule has 2 aromatic rings. The van der Waals surface area contributed by atoms with Gasteiger partial charge >= 0.3 is 12.1 Å². The number of hydrogen-bond donors (Lipinski definition) is 3. The normalized spacial score (nSPS) is 14.9. The zero-order chi connectivity index (χ0) is 24.7. The van der Waals surface area contributed by atoms with E-state index in [0.717, 1.165) is 28.7 Å². The molecule has 0 bridgehead atoms.